The second kappa shape index (κ2) is 8.40. The van der Waals surface area contributed by atoms with Crippen molar-refractivity contribution in [3.8, 4) is 0 Å². The standard InChI is InChI=1S/C21H18F2N2O3S/c1-15(26)24-18-9-11-20(12-10-18)29(27,28)25(19-7-4-6-17(22)13-19)14-16-5-2-3-8-21(16)23/h2-13H,14H2,1H3,(H,24,26). The Kier molecular flexibility index (Phi) is 5.93. The highest BCUT2D eigenvalue weighted by atomic mass is 32.2. The van der Waals surface area contributed by atoms with Gasteiger partial charge in [0.25, 0.3) is 10.0 Å². The van der Waals surface area contributed by atoms with E-state index in [0.717, 1.165) is 10.4 Å². The highest BCUT2D eigenvalue weighted by molar-refractivity contribution is 7.92. The van der Waals surface area contributed by atoms with E-state index in [9.17, 15) is 22.0 Å². The van der Waals surface area contributed by atoms with Crippen LogP contribution in [0.5, 0.6) is 0 Å². The molecular weight excluding hydrogens is 398 g/mol. The van der Waals surface area contributed by atoms with E-state index in [1.807, 2.05) is 0 Å². The average Bonchev–Trinajstić information content (AvgIpc) is 2.67. The van der Waals surface area contributed by atoms with Gasteiger partial charge in [-0.2, -0.15) is 0 Å². The van der Waals surface area contributed by atoms with Gasteiger partial charge in [-0.15, -0.1) is 0 Å². The lowest BCUT2D eigenvalue weighted by atomic mass is 10.2. The zero-order valence-electron chi connectivity index (χ0n) is 15.5. The quantitative estimate of drug-likeness (QED) is 0.651. The van der Waals surface area contributed by atoms with Crippen LogP contribution < -0.4 is 9.62 Å². The molecule has 3 aromatic rings. The molecule has 0 bridgehead atoms. The van der Waals surface area contributed by atoms with Crippen molar-refractivity contribution in [1.82, 2.24) is 0 Å². The van der Waals surface area contributed by atoms with Gasteiger partial charge in [-0.05, 0) is 48.5 Å². The van der Waals surface area contributed by atoms with Crippen LogP contribution in [0.15, 0.2) is 77.7 Å². The predicted molar refractivity (Wildman–Crippen MR) is 107 cm³/mol. The number of sulfonamides is 1. The number of rotatable bonds is 6. The Hall–Kier alpha value is -3.26. The summed E-state index contributed by atoms with van der Waals surface area (Å²) >= 11 is 0. The maximum absolute atomic E-state index is 14.2. The maximum atomic E-state index is 14.2. The fraction of sp³-hybridized carbons (Fsp3) is 0.0952. The third kappa shape index (κ3) is 4.78. The Morgan fingerprint density at radius 1 is 0.966 bits per heavy atom. The highest BCUT2D eigenvalue weighted by Gasteiger charge is 2.26. The first kappa shape index (κ1) is 20.5. The summed E-state index contributed by atoms with van der Waals surface area (Å²) in [7, 11) is -4.14. The van der Waals surface area contributed by atoms with Crippen molar-refractivity contribution < 1.29 is 22.0 Å². The van der Waals surface area contributed by atoms with Gasteiger partial charge in [0.05, 0.1) is 17.1 Å². The van der Waals surface area contributed by atoms with Gasteiger partial charge in [-0.25, -0.2) is 17.2 Å². The number of benzene rings is 3. The largest absolute Gasteiger partial charge is 0.326 e. The molecule has 8 heteroatoms. The van der Waals surface area contributed by atoms with E-state index in [-0.39, 0.29) is 28.6 Å². The lowest BCUT2D eigenvalue weighted by Crippen LogP contribution is -2.31. The van der Waals surface area contributed by atoms with E-state index in [2.05, 4.69) is 5.32 Å². The summed E-state index contributed by atoms with van der Waals surface area (Å²) in [6, 6.07) is 16.4. The summed E-state index contributed by atoms with van der Waals surface area (Å²) in [4.78, 5) is 11.1. The van der Waals surface area contributed by atoms with Crippen LogP contribution in [0.2, 0.25) is 0 Å². The second-order valence-electron chi connectivity index (χ2n) is 6.29. The maximum Gasteiger partial charge on any atom is 0.264 e. The van der Waals surface area contributed by atoms with Crippen LogP contribution >= 0.6 is 0 Å². The van der Waals surface area contributed by atoms with Gasteiger partial charge < -0.3 is 5.32 Å². The van der Waals surface area contributed by atoms with Gasteiger partial charge >= 0.3 is 0 Å². The van der Waals surface area contributed by atoms with Crippen LogP contribution in [0.4, 0.5) is 20.2 Å². The molecule has 0 unspecified atom stereocenters. The van der Waals surface area contributed by atoms with Crippen molar-refractivity contribution in [2.45, 2.75) is 18.4 Å². The molecule has 0 spiro atoms. The number of amides is 1. The van der Waals surface area contributed by atoms with Crippen molar-refractivity contribution in [2.24, 2.45) is 0 Å². The van der Waals surface area contributed by atoms with Crippen molar-refractivity contribution in [2.75, 3.05) is 9.62 Å². The first-order valence-corrected chi connectivity index (χ1v) is 10.1. The predicted octanol–water partition coefficient (Wildman–Crippen LogP) is 4.32. The minimum absolute atomic E-state index is 0.0687. The van der Waals surface area contributed by atoms with Gasteiger partial charge in [0, 0.05) is 18.2 Å². The molecule has 29 heavy (non-hydrogen) atoms. The van der Waals surface area contributed by atoms with Crippen molar-refractivity contribution in [3.63, 3.8) is 0 Å². The lowest BCUT2D eigenvalue weighted by molar-refractivity contribution is -0.114. The molecule has 0 fully saturated rings. The Bertz CT molecular complexity index is 1130. The minimum Gasteiger partial charge on any atom is -0.326 e. The highest BCUT2D eigenvalue weighted by Crippen LogP contribution is 2.28. The summed E-state index contributed by atoms with van der Waals surface area (Å²) < 4.78 is 55.5. The molecule has 0 atom stereocenters. The fourth-order valence-corrected chi connectivity index (χ4v) is 4.20. The van der Waals surface area contributed by atoms with E-state index < -0.39 is 21.7 Å². The molecule has 0 aromatic heterocycles. The molecular formula is C21H18F2N2O3S. The molecule has 1 N–H and O–H groups in total. The first-order valence-electron chi connectivity index (χ1n) is 8.67. The van der Waals surface area contributed by atoms with E-state index in [4.69, 9.17) is 0 Å². The smallest absolute Gasteiger partial charge is 0.264 e. The van der Waals surface area contributed by atoms with Gasteiger partial charge in [-0.1, -0.05) is 24.3 Å². The molecule has 150 valence electrons. The molecule has 0 radical (unpaired) electrons. The van der Waals surface area contributed by atoms with Gasteiger partial charge in [0.15, 0.2) is 0 Å². The molecule has 1 amide bonds. The number of hydrogen-bond acceptors (Lipinski definition) is 3. The summed E-state index contributed by atoms with van der Waals surface area (Å²) in [6.45, 7) is 1.02. The first-order chi connectivity index (χ1) is 13.8. The van der Waals surface area contributed by atoms with Crippen LogP contribution in [0.3, 0.4) is 0 Å². The van der Waals surface area contributed by atoms with Crippen molar-refractivity contribution in [3.05, 3.63) is 90.0 Å². The summed E-state index contributed by atoms with van der Waals surface area (Å²) in [5.74, 6) is -1.47. The lowest BCUT2D eigenvalue weighted by Gasteiger charge is -2.25. The summed E-state index contributed by atoms with van der Waals surface area (Å²) in [5.41, 5.74) is 0.650. The van der Waals surface area contributed by atoms with Crippen LogP contribution in [0, 0.1) is 11.6 Å². The molecule has 0 aliphatic carbocycles. The van der Waals surface area contributed by atoms with Crippen LogP contribution in [-0.4, -0.2) is 14.3 Å². The Labute approximate surface area is 167 Å². The molecule has 0 aliphatic heterocycles. The average molecular weight is 416 g/mol. The molecule has 5 nitrogen and oxygen atoms in total. The van der Waals surface area contributed by atoms with Gasteiger partial charge in [-0.3, -0.25) is 9.10 Å². The molecule has 0 saturated heterocycles. The number of anilines is 2. The van der Waals surface area contributed by atoms with E-state index >= 15 is 0 Å². The third-order valence-corrected chi connectivity index (χ3v) is 5.92. The molecule has 0 aliphatic rings. The summed E-state index contributed by atoms with van der Waals surface area (Å²) in [5, 5.41) is 2.55. The number of carbonyl (C=O) groups excluding carboxylic acids is 1. The van der Waals surface area contributed by atoms with Crippen molar-refractivity contribution >= 4 is 27.3 Å². The van der Waals surface area contributed by atoms with Gasteiger partial charge in [0.1, 0.15) is 11.6 Å². The number of nitrogens with one attached hydrogen (secondary N) is 1. The normalized spacial score (nSPS) is 11.1. The Balaban J connectivity index is 2.04. The third-order valence-electron chi connectivity index (χ3n) is 4.13. The van der Waals surface area contributed by atoms with Crippen LogP contribution in [0.25, 0.3) is 0 Å². The Morgan fingerprint density at radius 2 is 1.66 bits per heavy atom. The Morgan fingerprint density at radius 3 is 2.28 bits per heavy atom. The number of halogens is 2. The molecule has 3 aromatic carbocycles. The molecule has 0 heterocycles. The van der Waals surface area contributed by atoms with E-state index in [1.54, 1.807) is 6.07 Å². The molecule has 3 rings (SSSR count). The van der Waals surface area contributed by atoms with Crippen molar-refractivity contribution in [1.29, 1.82) is 0 Å². The van der Waals surface area contributed by atoms with Crippen LogP contribution in [-0.2, 0) is 21.4 Å². The topological polar surface area (TPSA) is 66.5 Å². The van der Waals surface area contributed by atoms with Crippen LogP contribution in [0.1, 0.15) is 12.5 Å². The van der Waals surface area contributed by atoms with E-state index in [1.165, 1.54) is 67.6 Å². The van der Waals surface area contributed by atoms with Gasteiger partial charge in [0.2, 0.25) is 5.91 Å². The van der Waals surface area contributed by atoms with E-state index in [0.29, 0.717) is 5.69 Å². The zero-order valence-corrected chi connectivity index (χ0v) is 16.3. The number of hydrogen-bond donors (Lipinski definition) is 1. The second-order valence-corrected chi connectivity index (χ2v) is 8.15. The summed E-state index contributed by atoms with van der Waals surface area (Å²) in [6.07, 6.45) is 0. The number of nitrogens with zero attached hydrogens (tertiary/aromatic N) is 1. The monoisotopic (exact) mass is 416 g/mol. The minimum atomic E-state index is -4.14. The molecule has 0 saturated carbocycles. The number of carbonyl (C=O) groups is 1. The zero-order chi connectivity index (χ0) is 21.0. The fourth-order valence-electron chi connectivity index (χ4n) is 2.77. The SMILES string of the molecule is CC(=O)Nc1ccc(S(=O)(=O)N(Cc2ccccc2F)c2cccc(F)c2)cc1.